The highest BCUT2D eigenvalue weighted by atomic mass is 79.9. The number of hydrogen-bond donors (Lipinski definition) is 1. The van der Waals surface area contributed by atoms with Gasteiger partial charge in [0, 0.05) is 16.9 Å². The third-order valence-electron chi connectivity index (χ3n) is 1.63. The molecule has 0 spiro atoms. The second kappa shape index (κ2) is 4.09. The summed E-state index contributed by atoms with van der Waals surface area (Å²) in [5, 5.41) is 8.82. The molecule has 70 valence electrons. The molecule has 0 radical (unpaired) electrons. The number of aliphatic hydroxyl groups excluding tert-OH is 1. The van der Waals surface area contributed by atoms with Crippen molar-refractivity contribution >= 4 is 34.0 Å². The van der Waals surface area contributed by atoms with E-state index in [1.54, 1.807) is 0 Å². The minimum Gasteiger partial charge on any atom is -0.390 e. The zero-order valence-corrected chi connectivity index (χ0v) is 9.05. The highest BCUT2D eigenvalue weighted by Crippen LogP contribution is 2.12. The molecule has 0 aliphatic heterocycles. The molecule has 0 atom stereocenters. The van der Waals surface area contributed by atoms with E-state index < -0.39 is 0 Å². The zero-order valence-electron chi connectivity index (χ0n) is 6.64. The molecule has 0 fully saturated rings. The van der Waals surface area contributed by atoms with Crippen LogP contribution in [0.25, 0.3) is 5.65 Å². The molecule has 0 bridgehead atoms. The molecule has 5 heteroatoms. The lowest BCUT2D eigenvalue weighted by atomic mass is 10.5. The molecule has 0 aromatic carbocycles. The van der Waals surface area contributed by atoms with Crippen LogP contribution in [-0.2, 0) is 6.61 Å². The first kappa shape index (κ1) is 10.5. The lowest BCUT2D eigenvalue weighted by Crippen LogP contribution is -1.79. The van der Waals surface area contributed by atoms with Gasteiger partial charge in [0.05, 0.1) is 12.3 Å². The van der Waals surface area contributed by atoms with Crippen LogP contribution in [0, 0.1) is 0 Å². The molecule has 1 N–H and O–H groups in total. The standard InChI is InChI=1S/C8H7BrN2O.ClH/c9-6-1-2-11-4-7(5-12)10-8(11)3-6;/h1-4,12H,5H2;1H. The monoisotopic (exact) mass is 262 g/mol. The predicted molar refractivity (Wildman–Crippen MR) is 56.1 cm³/mol. The Morgan fingerprint density at radius 2 is 2.31 bits per heavy atom. The number of pyridine rings is 1. The molecule has 0 amide bonds. The van der Waals surface area contributed by atoms with Crippen LogP contribution < -0.4 is 0 Å². The molecule has 2 heterocycles. The van der Waals surface area contributed by atoms with Gasteiger partial charge in [0.2, 0.25) is 0 Å². The Hall–Kier alpha value is -0.580. The maximum atomic E-state index is 8.82. The largest absolute Gasteiger partial charge is 0.390 e. The van der Waals surface area contributed by atoms with Gasteiger partial charge in [-0.3, -0.25) is 0 Å². The van der Waals surface area contributed by atoms with Crippen LogP contribution in [-0.4, -0.2) is 14.5 Å². The van der Waals surface area contributed by atoms with Gasteiger partial charge in [-0.25, -0.2) is 4.98 Å². The second-order valence-electron chi connectivity index (χ2n) is 2.50. The third kappa shape index (κ3) is 2.02. The average Bonchev–Trinajstić information content (AvgIpc) is 2.46. The third-order valence-corrected chi connectivity index (χ3v) is 2.13. The van der Waals surface area contributed by atoms with Crippen molar-refractivity contribution in [2.75, 3.05) is 0 Å². The van der Waals surface area contributed by atoms with E-state index in [9.17, 15) is 0 Å². The fourth-order valence-corrected chi connectivity index (χ4v) is 1.41. The van der Waals surface area contributed by atoms with Crippen molar-refractivity contribution in [3.8, 4) is 0 Å². The molecule has 0 saturated carbocycles. The highest BCUT2D eigenvalue weighted by Gasteiger charge is 1.99. The molecule has 2 aromatic rings. The van der Waals surface area contributed by atoms with Crippen LogP contribution in [0.3, 0.4) is 0 Å². The number of rotatable bonds is 1. The number of aliphatic hydroxyl groups is 1. The van der Waals surface area contributed by atoms with Crippen LogP contribution in [0.15, 0.2) is 29.0 Å². The summed E-state index contributed by atoms with van der Waals surface area (Å²) < 4.78 is 2.86. The van der Waals surface area contributed by atoms with Gasteiger partial charge in [-0.15, -0.1) is 12.4 Å². The topological polar surface area (TPSA) is 37.5 Å². The van der Waals surface area contributed by atoms with E-state index in [0.29, 0.717) is 5.69 Å². The molecule has 3 nitrogen and oxygen atoms in total. The van der Waals surface area contributed by atoms with Crippen LogP contribution in [0.1, 0.15) is 5.69 Å². The summed E-state index contributed by atoms with van der Waals surface area (Å²) >= 11 is 3.35. The summed E-state index contributed by atoms with van der Waals surface area (Å²) in [6, 6.07) is 3.83. The summed E-state index contributed by atoms with van der Waals surface area (Å²) in [6.45, 7) is -0.0146. The normalized spacial score (nSPS) is 10.0. The molecular formula is C8H8BrClN2O. The lowest BCUT2D eigenvalue weighted by molar-refractivity contribution is 0.277. The molecule has 2 aromatic heterocycles. The summed E-state index contributed by atoms with van der Waals surface area (Å²) in [7, 11) is 0. The van der Waals surface area contributed by atoms with Gasteiger partial charge >= 0.3 is 0 Å². The van der Waals surface area contributed by atoms with Gasteiger partial charge in [0.1, 0.15) is 5.65 Å². The van der Waals surface area contributed by atoms with Crippen molar-refractivity contribution < 1.29 is 5.11 Å². The summed E-state index contributed by atoms with van der Waals surface area (Å²) in [5.74, 6) is 0. The quantitative estimate of drug-likeness (QED) is 0.855. The highest BCUT2D eigenvalue weighted by molar-refractivity contribution is 9.10. The Kier molecular flexibility index (Phi) is 3.30. The Labute approximate surface area is 89.9 Å². The number of hydrogen-bond acceptors (Lipinski definition) is 2. The number of aromatic nitrogens is 2. The van der Waals surface area contributed by atoms with E-state index in [1.807, 2.05) is 28.9 Å². The zero-order chi connectivity index (χ0) is 8.55. The molecule has 13 heavy (non-hydrogen) atoms. The summed E-state index contributed by atoms with van der Waals surface area (Å²) in [4.78, 5) is 4.18. The number of halogens is 2. The maximum absolute atomic E-state index is 8.82. The molecule has 0 saturated heterocycles. The minimum absolute atomic E-state index is 0. The number of fused-ring (bicyclic) bond motifs is 1. The lowest BCUT2D eigenvalue weighted by Gasteiger charge is -1.91. The van der Waals surface area contributed by atoms with Crippen LogP contribution >= 0.6 is 28.3 Å². The van der Waals surface area contributed by atoms with Gasteiger partial charge in [-0.2, -0.15) is 0 Å². The van der Waals surface area contributed by atoms with Gasteiger partial charge < -0.3 is 9.51 Å². The maximum Gasteiger partial charge on any atom is 0.138 e. The van der Waals surface area contributed by atoms with E-state index in [4.69, 9.17) is 5.11 Å². The van der Waals surface area contributed by atoms with Crippen molar-refractivity contribution in [2.45, 2.75) is 6.61 Å². The number of nitrogens with zero attached hydrogens (tertiary/aromatic N) is 2. The Morgan fingerprint density at radius 3 is 3.00 bits per heavy atom. The first-order valence-corrected chi connectivity index (χ1v) is 4.33. The summed E-state index contributed by atoms with van der Waals surface area (Å²) in [6.07, 6.45) is 3.70. The predicted octanol–water partition coefficient (Wildman–Crippen LogP) is 2.01. The van der Waals surface area contributed by atoms with Gasteiger partial charge in [0.25, 0.3) is 0 Å². The molecular weight excluding hydrogens is 255 g/mol. The molecule has 2 rings (SSSR count). The Morgan fingerprint density at radius 1 is 1.54 bits per heavy atom. The van der Waals surface area contributed by atoms with Crippen molar-refractivity contribution in [1.82, 2.24) is 9.38 Å². The van der Waals surface area contributed by atoms with E-state index in [1.165, 1.54) is 0 Å². The van der Waals surface area contributed by atoms with E-state index in [2.05, 4.69) is 20.9 Å². The van der Waals surface area contributed by atoms with E-state index in [-0.39, 0.29) is 19.0 Å². The van der Waals surface area contributed by atoms with Gasteiger partial charge in [0.15, 0.2) is 0 Å². The second-order valence-corrected chi connectivity index (χ2v) is 3.42. The first-order valence-electron chi connectivity index (χ1n) is 3.53. The van der Waals surface area contributed by atoms with Crippen molar-refractivity contribution in [2.24, 2.45) is 0 Å². The van der Waals surface area contributed by atoms with Crippen LogP contribution in [0.4, 0.5) is 0 Å². The van der Waals surface area contributed by atoms with Crippen LogP contribution in [0.2, 0.25) is 0 Å². The van der Waals surface area contributed by atoms with E-state index in [0.717, 1.165) is 10.1 Å². The minimum atomic E-state index is -0.0146. The van der Waals surface area contributed by atoms with Crippen LogP contribution in [0.5, 0.6) is 0 Å². The average molecular weight is 264 g/mol. The molecule has 0 unspecified atom stereocenters. The fourth-order valence-electron chi connectivity index (χ4n) is 1.09. The molecule has 0 aliphatic rings. The molecule has 0 aliphatic carbocycles. The SMILES string of the molecule is Cl.OCc1cn2ccc(Br)cc2n1. The Bertz CT molecular complexity index is 415. The van der Waals surface area contributed by atoms with Crippen molar-refractivity contribution in [1.29, 1.82) is 0 Å². The van der Waals surface area contributed by atoms with Gasteiger partial charge in [-0.05, 0) is 12.1 Å². The Balaban J connectivity index is 0.000000845. The summed E-state index contributed by atoms with van der Waals surface area (Å²) in [5.41, 5.74) is 1.53. The first-order chi connectivity index (χ1) is 5.79. The van der Waals surface area contributed by atoms with Gasteiger partial charge in [-0.1, -0.05) is 15.9 Å². The van der Waals surface area contributed by atoms with Crippen molar-refractivity contribution in [3.63, 3.8) is 0 Å². The fraction of sp³-hybridized carbons (Fsp3) is 0.125. The smallest absolute Gasteiger partial charge is 0.138 e. The number of imidazole rings is 1. The van der Waals surface area contributed by atoms with E-state index >= 15 is 0 Å². The van der Waals surface area contributed by atoms with Crippen molar-refractivity contribution in [3.05, 3.63) is 34.7 Å².